The molecule has 0 aliphatic carbocycles. The largest absolute Gasteiger partial charge is 0.497 e. The van der Waals surface area contributed by atoms with Crippen LogP contribution in [0.15, 0.2) is 65.9 Å². The van der Waals surface area contributed by atoms with Gasteiger partial charge in [0.1, 0.15) is 5.76 Å². The van der Waals surface area contributed by atoms with Crippen molar-refractivity contribution < 1.29 is 4.74 Å². The van der Waals surface area contributed by atoms with Gasteiger partial charge in [0.25, 0.3) is 0 Å². The maximum Gasteiger partial charge on any atom is 0.121 e. The van der Waals surface area contributed by atoms with Crippen molar-refractivity contribution in [2.75, 3.05) is 20.8 Å². The van der Waals surface area contributed by atoms with E-state index in [0.29, 0.717) is 0 Å². The first-order valence-corrected chi connectivity index (χ1v) is 11.1. The fourth-order valence-electron chi connectivity index (χ4n) is 4.47. The van der Waals surface area contributed by atoms with Crippen LogP contribution >= 0.6 is 0 Å². The van der Waals surface area contributed by atoms with Crippen molar-refractivity contribution >= 4 is 5.70 Å². The molecular weight excluding hydrogens is 368 g/mol. The number of hydrogen-bond acceptors (Lipinski definition) is 3. The Balaban J connectivity index is 2.03. The van der Waals surface area contributed by atoms with Gasteiger partial charge in [-0.1, -0.05) is 62.4 Å². The van der Waals surface area contributed by atoms with Gasteiger partial charge in [-0.25, -0.2) is 0 Å². The van der Waals surface area contributed by atoms with Gasteiger partial charge >= 0.3 is 0 Å². The van der Waals surface area contributed by atoms with E-state index in [4.69, 9.17) is 4.74 Å². The minimum atomic E-state index is 0.256. The summed E-state index contributed by atoms with van der Waals surface area (Å²) in [6.45, 7) is 10.7. The van der Waals surface area contributed by atoms with E-state index in [1.165, 1.54) is 33.5 Å². The van der Waals surface area contributed by atoms with Crippen LogP contribution in [0.5, 0.6) is 0 Å². The summed E-state index contributed by atoms with van der Waals surface area (Å²) >= 11 is 0. The molecule has 0 amide bonds. The van der Waals surface area contributed by atoms with Crippen molar-refractivity contribution in [2.24, 2.45) is 0 Å². The van der Waals surface area contributed by atoms with E-state index in [9.17, 15) is 0 Å². The fraction of sp³-hybridized carbons (Fsp3) is 0.407. The normalized spacial score (nSPS) is 16.8. The minimum absolute atomic E-state index is 0.256. The average molecular weight is 405 g/mol. The van der Waals surface area contributed by atoms with Gasteiger partial charge in [-0.2, -0.15) is 0 Å². The summed E-state index contributed by atoms with van der Waals surface area (Å²) in [5.41, 5.74) is 8.08. The van der Waals surface area contributed by atoms with Crippen molar-refractivity contribution in [1.29, 1.82) is 0 Å². The molecule has 0 saturated carbocycles. The molecule has 3 nitrogen and oxygen atoms in total. The predicted molar refractivity (Wildman–Crippen MR) is 127 cm³/mol. The van der Waals surface area contributed by atoms with Gasteiger partial charge in [0.05, 0.1) is 19.5 Å². The van der Waals surface area contributed by atoms with Crippen molar-refractivity contribution in [1.82, 2.24) is 9.80 Å². The van der Waals surface area contributed by atoms with E-state index < -0.39 is 0 Å². The third-order valence-corrected chi connectivity index (χ3v) is 6.04. The maximum atomic E-state index is 5.78. The van der Waals surface area contributed by atoms with Crippen LogP contribution in [-0.4, -0.2) is 36.7 Å². The Labute approximate surface area is 182 Å². The molecule has 30 heavy (non-hydrogen) atoms. The highest BCUT2D eigenvalue weighted by molar-refractivity contribution is 5.76. The van der Waals surface area contributed by atoms with Crippen LogP contribution < -0.4 is 0 Å². The van der Waals surface area contributed by atoms with Crippen LogP contribution in [0.4, 0.5) is 0 Å². The molecule has 0 aromatic heterocycles. The topological polar surface area (TPSA) is 15.7 Å². The first-order valence-electron chi connectivity index (χ1n) is 11.1. The number of nitrogens with zero attached hydrogens (tertiary/aromatic N) is 2. The first kappa shape index (κ1) is 22.2. The zero-order chi connectivity index (χ0) is 21.7. The van der Waals surface area contributed by atoms with Gasteiger partial charge in [-0.15, -0.1) is 0 Å². The number of aryl methyl sites for hydroxylation is 2. The van der Waals surface area contributed by atoms with Crippen LogP contribution in [0.2, 0.25) is 0 Å². The summed E-state index contributed by atoms with van der Waals surface area (Å²) in [7, 11) is 3.98. The average Bonchev–Trinajstić information content (AvgIpc) is 2.76. The Morgan fingerprint density at radius 1 is 0.967 bits per heavy atom. The molecule has 160 valence electrons. The van der Waals surface area contributed by atoms with Gasteiger partial charge < -0.3 is 9.64 Å². The molecule has 0 N–H and O–H groups in total. The lowest BCUT2D eigenvalue weighted by molar-refractivity contribution is 0.180. The van der Waals surface area contributed by atoms with Crippen LogP contribution in [0.3, 0.4) is 0 Å². The molecule has 1 unspecified atom stereocenters. The lowest BCUT2D eigenvalue weighted by atomic mass is 9.89. The number of allylic oxidation sites excluding steroid dienone is 1. The van der Waals surface area contributed by atoms with E-state index in [1.807, 2.05) is 0 Å². The molecule has 3 heteroatoms. The molecule has 1 atom stereocenters. The van der Waals surface area contributed by atoms with E-state index in [-0.39, 0.29) is 6.04 Å². The summed E-state index contributed by atoms with van der Waals surface area (Å²) in [5.74, 6) is 0.993. The second kappa shape index (κ2) is 9.99. The molecule has 1 aliphatic heterocycles. The summed E-state index contributed by atoms with van der Waals surface area (Å²) in [5, 5.41) is 0. The second-order valence-electron chi connectivity index (χ2n) is 8.22. The van der Waals surface area contributed by atoms with E-state index in [2.05, 4.69) is 99.1 Å². The highest BCUT2D eigenvalue weighted by Crippen LogP contribution is 2.37. The molecule has 1 aliphatic rings. The minimum Gasteiger partial charge on any atom is -0.497 e. The Hall–Kier alpha value is -2.52. The van der Waals surface area contributed by atoms with Gasteiger partial charge in [0.15, 0.2) is 0 Å². The van der Waals surface area contributed by atoms with Crippen molar-refractivity contribution in [3.63, 3.8) is 0 Å². The summed E-state index contributed by atoms with van der Waals surface area (Å²) in [6, 6.07) is 17.7. The lowest BCUT2D eigenvalue weighted by Gasteiger charge is -2.40. The quantitative estimate of drug-likeness (QED) is 0.547. The molecule has 0 spiro atoms. The predicted octanol–water partition coefficient (Wildman–Crippen LogP) is 5.87. The molecule has 0 saturated heterocycles. The van der Waals surface area contributed by atoms with Crippen molar-refractivity contribution in [3.05, 3.63) is 88.2 Å². The molecule has 0 fully saturated rings. The number of rotatable bonds is 8. The standard InChI is InChI=1S/C27H36N2O/c1-7-23-15-12-16-24(8-2)26(23)27-21(4)25(30-6)17-20(3)29(27)19-28(5)18-22-13-10-9-11-14-22/h9-17,20H,7-8,18-19H2,1-6H3. The number of methoxy groups -OCH3 is 1. The second-order valence-corrected chi connectivity index (χ2v) is 8.22. The Morgan fingerprint density at radius 3 is 2.17 bits per heavy atom. The molecule has 2 aromatic rings. The van der Waals surface area contributed by atoms with Gasteiger partial charge in [0, 0.05) is 23.7 Å². The highest BCUT2D eigenvalue weighted by Gasteiger charge is 2.29. The van der Waals surface area contributed by atoms with Crippen LogP contribution in [0, 0.1) is 0 Å². The van der Waals surface area contributed by atoms with Crippen molar-refractivity contribution in [2.45, 2.75) is 53.1 Å². The number of benzene rings is 2. The zero-order valence-corrected chi connectivity index (χ0v) is 19.4. The van der Waals surface area contributed by atoms with Crippen LogP contribution in [0.25, 0.3) is 5.70 Å². The van der Waals surface area contributed by atoms with Gasteiger partial charge in [-0.05, 0) is 56.5 Å². The molecule has 2 aromatic carbocycles. The molecule has 3 rings (SSSR count). The molecule has 0 bridgehead atoms. The number of hydrogen-bond donors (Lipinski definition) is 0. The lowest BCUT2D eigenvalue weighted by Crippen LogP contribution is -2.41. The Morgan fingerprint density at radius 2 is 1.60 bits per heavy atom. The SMILES string of the molecule is CCc1cccc(CC)c1C1=C(C)C(OC)=CC(C)N1CN(C)Cc1ccccc1. The monoisotopic (exact) mass is 404 g/mol. The summed E-state index contributed by atoms with van der Waals surface area (Å²) < 4.78 is 5.78. The molecule has 0 radical (unpaired) electrons. The third kappa shape index (κ3) is 4.62. The van der Waals surface area contributed by atoms with E-state index in [0.717, 1.165) is 31.8 Å². The maximum absolute atomic E-state index is 5.78. The van der Waals surface area contributed by atoms with Crippen LogP contribution in [-0.2, 0) is 24.1 Å². The smallest absolute Gasteiger partial charge is 0.121 e. The van der Waals surface area contributed by atoms with Crippen LogP contribution in [0.1, 0.15) is 49.9 Å². The third-order valence-electron chi connectivity index (χ3n) is 6.04. The summed E-state index contributed by atoms with van der Waals surface area (Å²) in [6.07, 6.45) is 4.29. The van der Waals surface area contributed by atoms with Gasteiger partial charge in [-0.3, -0.25) is 4.90 Å². The zero-order valence-electron chi connectivity index (χ0n) is 19.4. The van der Waals surface area contributed by atoms with Gasteiger partial charge in [0.2, 0.25) is 0 Å². The number of ether oxygens (including phenoxy) is 1. The Bertz CT molecular complexity index is 891. The first-order chi connectivity index (χ1) is 14.5. The Kier molecular flexibility index (Phi) is 7.38. The highest BCUT2D eigenvalue weighted by atomic mass is 16.5. The fourth-order valence-corrected chi connectivity index (χ4v) is 4.47. The van der Waals surface area contributed by atoms with E-state index >= 15 is 0 Å². The summed E-state index contributed by atoms with van der Waals surface area (Å²) in [4.78, 5) is 4.93. The molecule has 1 heterocycles. The van der Waals surface area contributed by atoms with E-state index in [1.54, 1.807) is 7.11 Å². The molecular formula is C27H36N2O. The van der Waals surface area contributed by atoms with Crippen molar-refractivity contribution in [3.8, 4) is 0 Å².